The molecule has 0 amide bonds. The van der Waals surface area contributed by atoms with E-state index in [1.54, 1.807) is 0 Å². The van der Waals surface area contributed by atoms with Crippen LogP contribution in [0.4, 0.5) is 11.4 Å². The summed E-state index contributed by atoms with van der Waals surface area (Å²) in [7, 11) is 2.12. The number of carboxylic acids is 1. The fourth-order valence-electron chi connectivity index (χ4n) is 5.25. The van der Waals surface area contributed by atoms with Crippen LogP contribution in [-0.2, 0) is 15.6 Å². The van der Waals surface area contributed by atoms with Crippen LogP contribution in [0.15, 0.2) is 84.6 Å². The maximum atomic E-state index is 11.2. The predicted octanol–water partition coefficient (Wildman–Crippen LogP) is 5.96. The van der Waals surface area contributed by atoms with Gasteiger partial charge in [0.2, 0.25) is 5.69 Å². The van der Waals surface area contributed by atoms with Crippen LogP contribution in [0.3, 0.4) is 0 Å². The summed E-state index contributed by atoms with van der Waals surface area (Å²) in [6.07, 6.45) is 10.6. The maximum Gasteiger partial charge on any atom is 0.305 e. The van der Waals surface area contributed by atoms with Gasteiger partial charge in [0, 0.05) is 41.1 Å². The molecule has 4 rings (SSSR count). The molecule has 0 saturated heterocycles. The van der Waals surface area contributed by atoms with Crippen molar-refractivity contribution in [2.24, 2.45) is 0 Å². The fourth-order valence-corrected chi connectivity index (χ4v) is 5.25. The van der Waals surface area contributed by atoms with Crippen LogP contribution in [0.5, 0.6) is 0 Å². The minimum Gasteiger partial charge on any atom is -0.481 e. The summed E-state index contributed by atoms with van der Waals surface area (Å²) >= 11 is 0. The SMILES string of the molecule is C[N+]1=C(/C=C/C=C/C=C2/N(CCC(=O)O)c3ccccc3C2(C)C)C(C)(C)c2ccccc21. The van der Waals surface area contributed by atoms with E-state index in [0.29, 0.717) is 6.54 Å². The number of para-hydroxylation sites is 2. The van der Waals surface area contributed by atoms with Gasteiger partial charge in [-0.2, -0.15) is 4.58 Å². The van der Waals surface area contributed by atoms with E-state index >= 15 is 0 Å². The highest BCUT2D eigenvalue weighted by molar-refractivity contribution is 6.03. The van der Waals surface area contributed by atoms with E-state index < -0.39 is 5.97 Å². The van der Waals surface area contributed by atoms with Gasteiger partial charge in [-0.3, -0.25) is 4.79 Å². The first-order valence-corrected chi connectivity index (χ1v) is 11.5. The lowest BCUT2D eigenvalue weighted by Crippen LogP contribution is -2.28. The zero-order valence-corrected chi connectivity index (χ0v) is 20.2. The second kappa shape index (κ2) is 8.51. The molecule has 0 aromatic heterocycles. The number of anilines is 1. The lowest BCUT2D eigenvalue weighted by atomic mass is 9.81. The first kappa shape index (κ1) is 22.8. The first-order valence-electron chi connectivity index (χ1n) is 11.5. The average molecular weight is 442 g/mol. The van der Waals surface area contributed by atoms with Gasteiger partial charge in [-0.05, 0) is 31.6 Å². The molecule has 0 fully saturated rings. The monoisotopic (exact) mass is 441 g/mol. The Morgan fingerprint density at radius 2 is 1.61 bits per heavy atom. The smallest absolute Gasteiger partial charge is 0.305 e. The van der Waals surface area contributed by atoms with Gasteiger partial charge in [-0.25, -0.2) is 0 Å². The van der Waals surface area contributed by atoms with Crippen LogP contribution in [0, 0.1) is 0 Å². The summed E-state index contributed by atoms with van der Waals surface area (Å²) < 4.78 is 2.27. The summed E-state index contributed by atoms with van der Waals surface area (Å²) in [6, 6.07) is 16.8. The van der Waals surface area contributed by atoms with Crippen molar-refractivity contribution < 1.29 is 14.5 Å². The molecule has 33 heavy (non-hydrogen) atoms. The molecule has 0 saturated carbocycles. The number of allylic oxidation sites excluding steroid dienone is 6. The van der Waals surface area contributed by atoms with Crippen LogP contribution < -0.4 is 4.90 Å². The van der Waals surface area contributed by atoms with E-state index in [1.807, 2.05) is 12.1 Å². The maximum absolute atomic E-state index is 11.2. The number of rotatable bonds is 6. The fraction of sp³-hybridized carbons (Fsp3) is 0.310. The zero-order valence-electron chi connectivity index (χ0n) is 20.2. The minimum atomic E-state index is -0.781. The molecule has 170 valence electrons. The zero-order chi connectivity index (χ0) is 23.8. The van der Waals surface area contributed by atoms with E-state index in [4.69, 9.17) is 0 Å². The number of fused-ring (bicyclic) bond motifs is 2. The number of hydrogen-bond donors (Lipinski definition) is 1. The van der Waals surface area contributed by atoms with Crippen molar-refractivity contribution in [2.75, 3.05) is 18.5 Å². The molecule has 0 unspecified atom stereocenters. The molecule has 2 aliphatic rings. The molecule has 2 aromatic rings. The quantitative estimate of drug-likeness (QED) is 0.444. The molecule has 1 N–H and O–H groups in total. The van der Waals surface area contributed by atoms with E-state index in [1.165, 1.54) is 22.5 Å². The molecule has 2 aromatic carbocycles. The highest BCUT2D eigenvalue weighted by Gasteiger charge is 2.42. The van der Waals surface area contributed by atoms with E-state index in [0.717, 1.165) is 11.4 Å². The lowest BCUT2D eigenvalue weighted by molar-refractivity contribution is -0.401. The highest BCUT2D eigenvalue weighted by Crippen LogP contribution is 2.47. The third kappa shape index (κ3) is 3.95. The minimum absolute atomic E-state index is 0.0448. The van der Waals surface area contributed by atoms with Crippen molar-refractivity contribution in [1.82, 2.24) is 0 Å². The van der Waals surface area contributed by atoms with Gasteiger partial charge < -0.3 is 10.0 Å². The number of aliphatic carboxylic acids is 1. The van der Waals surface area contributed by atoms with Gasteiger partial charge in [0.15, 0.2) is 5.71 Å². The highest BCUT2D eigenvalue weighted by atomic mass is 16.4. The molecule has 0 radical (unpaired) electrons. The van der Waals surface area contributed by atoms with Crippen LogP contribution in [-0.4, -0.2) is 35.0 Å². The van der Waals surface area contributed by atoms with Gasteiger partial charge in [0.25, 0.3) is 0 Å². The molecule has 0 spiro atoms. The van der Waals surface area contributed by atoms with Crippen molar-refractivity contribution in [3.05, 3.63) is 95.7 Å². The Kier molecular flexibility index (Phi) is 5.87. The van der Waals surface area contributed by atoms with Crippen molar-refractivity contribution in [3.8, 4) is 0 Å². The van der Waals surface area contributed by atoms with Gasteiger partial charge in [0.05, 0.1) is 11.8 Å². The second-order valence-electron chi connectivity index (χ2n) is 9.82. The molecule has 2 aliphatic heterocycles. The first-order chi connectivity index (χ1) is 15.7. The third-order valence-electron chi connectivity index (χ3n) is 7.02. The third-order valence-corrected chi connectivity index (χ3v) is 7.02. The molecule has 0 bridgehead atoms. The van der Waals surface area contributed by atoms with Crippen LogP contribution >= 0.6 is 0 Å². The molecule has 4 nitrogen and oxygen atoms in total. The number of carbonyl (C=O) groups is 1. The van der Waals surface area contributed by atoms with E-state index in [9.17, 15) is 9.90 Å². The Hall–Kier alpha value is -3.40. The average Bonchev–Trinajstić information content (AvgIpc) is 3.11. The van der Waals surface area contributed by atoms with Crippen LogP contribution in [0.25, 0.3) is 0 Å². The summed E-state index contributed by atoms with van der Waals surface area (Å²) in [5.74, 6) is -0.781. The van der Waals surface area contributed by atoms with Gasteiger partial charge in [-0.15, -0.1) is 0 Å². The van der Waals surface area contributed by atoms with E-state index in [2.05, 4.69) is 111 Å². The molecule has 2 heterocycles. The number of carboxylic acid groups (broad SMARTS) is 1. The van der Waals surface area contributed by atoms with E-state index in [-0.39, 0.29) is 17.3 Å². The number of benzene rings is 2. The predicted molar refractivity (Wildman–Crippen MR) is 136 cm³/mol. The summed E-state index contributed by atoms with van der Waals surface area (Å²) in [6.45, 7) is 9.38. The van der Waals surface area contributed by atoms with Crippen molar-refractivity contribution in [1.29, 1.82) is 0 Å². The molecule has 4 heteroatoms. The van der Waals surface area contributed by atoms with Gasteiger partial charge in [0.1, 0.15) is 7.05 Å². The van der Waals surface area contributed by atoms with Crippen LogP contribution in [0.1, 0.15) is 45.2 Å². The topological polar surface area (TPSA) is 43.5 Å². The van der Waals surface area contributed by atoms with Gasteiger partial charge >= 0.3 is 5.97 Å². The Labute approximate surface area is 196 Å². The largest absolute Gasteiger partial charge is 0.481 e. The molecule has 0 atom stereocenters. The Bertz CT molecular complexity index is 1210. The Balaban J connectivity index is 1.59. The summed E-state index contributed by atoms with van der Waals surface area (Å²) in [4.78, 5) is 13.4. The normalized spacial score (nSPS) is 19.7. The molecular formula is C29H33N2O2+. The number of nitrogens with zero attached hydrogens (tertiary/aromatic N) is 2. The lowest BCUT2D eigenvalue weighted by Gasteiger charge is -2.26. The summed E-state index contributed by atoms with van der Waals surface area (Å²) in [5, 5.41) is 9.24. The van der Waals surface area contributed by atoms with Crippen molar-refractivity contribution in [3.63, 3.8) is 0 Å². The van der Waals surface area contributed by atoms with Crippen molar-refractivity contribution >= 4 is 23.1 Å². The second-order valence-corrected chi connectivity index (χ2v) is 9.82. The molecular weight excluding hydrogens is 408 g/mol. The van der Waals surface area contributed by atoms with Gasteiger partial charge in [-0.1, -0.05) is 68.5 Å². The summed E-state index contributed by atoms with van der Waals surface area (Å²) in [5.41, 5.74) is 7.08. The van der Waals surface area contributed by atoms with Crippen LogP contribution in [0.2, 0.25) is 0 Å². The molecule has 0 aliphatic carbocycles. The van der Waals surface area contributed by atoms with Crippen molar-refractivity contribution in [2.45, 2.75) is 44.9 Å². The number of hydrogen-bond acceptors (Lipinski definition) is 2. The standard InChI is InChI=1S/C29H32N2O2/c1-28(2)21-13-9-11-15-23(21)30(5)25(28)17-7-6-8-18-26-29(3,4)22-14-10-12-16-24(22)31(26)20-19-27(32)33/h6-18H,19-20H2,1-5H3/p+1. The Morgan fingerprint density at radius 1 is 0.939 bits per heavy atom. The Morgan fingerprint density at radius 3 is 2.30 bits per heavy atom.